The molecule has 1 fully saturated rings. The van der Waals surface area contributed by atoms with Crippen molar-refractivity contribution >= 4 is 17.4 Å². The second-order valence-electron chi connectivity index (χ2n) is 6.80. The molecule has 0 spiro atoms. The third-order valence-corrected chi connectivity index (χ3v) is 4.82. The number of Topliss-reactive ketones (excluding diaryl/α,β-unsaturated/α-hetero) is 1. The predicted molar refractivity (Wildman–Crippen MR) is 106 cm³/mol. The van der Waals surface area contributed by atoms with Gasteiger partial charge in [-0.3, -0.25) is 9.59 Å². The van der Waals surface area contributed by atoms with Gasteiger partial charge in [-0.05, 0) is 17.7 Å². The summed E-state index contributed by atoms with van der Waals surface area (Å²) < 4.78 is 5.38. The molecular formula is C22H26N2O3. The van der Waals surface area contributed by atoms with Gasteiger partial charge in [0, 0.05) is 50.8 Å². The minimum Gasteiger partial charge on any atom is -0.378 e. The zero-order valence-electron chi connectivity index (χ0n) is 15.8. The van der Waals surface area contributed by atoms with E-state index in [1.54, 1.807) is 24.1 Å². The van der Waals surface area contributed by atoms with Gasteiger partial charge >= 0.3 is 0 Å². The molecular weight excluding hydrogens is 340 g/mol. The van der Waals surface area contributed by atoms with Crippen LogP contribution in [0, 0.1) is 0 Å². The van der Waals surface area contributed by atoms with Gasteiger partial charge in [0.1, 0.15) is 0 Å². The van der Waals surface area contributed by atoms with E-state index in [4.69, 9.17) is 4.74 Å². The van der Waals surface area contributed by atoms with E-state index in [9.17, 15) is 9.59 Å². The summed E-state index contributed by atoms with van der Waals surface area (Å²) in [6.07, 6.45) is 0.471. The minimum atomic E-state index is -0.0171. The summed E-state index contributed by atoms with van der Waals surface area (Å²) in [7, 11) is 1.78. The number of benzene rings is 2. The van der Waals surface area contributed by atoms with E-state index in [2.05, 4.69) is 29.2 Å². The highest BCUT2D eigenvalue weighted by atomic mass is 16.5. The van der Waals surface area contributed by atoms with E-state index in [0.29, 0.717) is 12.1 Å². The van der Waals surface area contributed by atoms with Crippen molar-refractivity contribution < 1.29 is 14.3 Å². The summed E-state index contributed by atoms with van der Waals surface area (Å²) in [4.78, 5) is 28.5. The van der Waals surface area contributed by atoms with Gasteiger partial charge in [0.25, 0.3) is 0 Å². The molecule has 0 bridgehead atoms. The minimum absolute atomic E-state index is 0.00668. The zero-order chi connectivity index (χ0) is 19.1. The van der Waals surface area contributed by atoms with Crippen molar-refractivity contribution in [2.24, 2.45) is 0 Å². The second-order valence-corrected chi connectivity index (χ2v) is 6.80. The Balaban J connectivity index is 1.48. The van der Waals surface area contributed by atoms with Crippen LogP contribution in [0.15, 0.2) is 54.6 Å². The van der Waals surface area contributed by atoms with Gasteiger partial charge in [0.2, 0.25) is 5.91 Å². The first-order valence-corrected chi connectivity index (χ1v) is 9.37. The van der Waals surface area contributed by atoms with Crippen molar-refractivity contribution in [2.45, 2.75) is 19.4 Å². The standard InChI is InChI=1S/C22H26N2O3/c1-23(22(26)12-11-21(25)19-5-3-2-4-6-19)17-18-7-9-20(10-8-18)24-13-15-27-16-14-24/h2-10H,11-17H2,1H3. The summed E-state index contributed by atoms with van der Waals surface area (Å²) in [5, 5.41) is 0. The van der Waals surface area contributed by atoms with Crippen molar-refractivity contribution in [3.05, 3.63) is 65.7 Å². The van der Waals surface area contributed by atoms with E-state index in [0.717, 1.165) is 31.9 Å². The maximum atomic E-state index is 12.3. The smallest absolute Gasteiger partial charge is 0.223 e. The van der Waals surface area contributed by atoms with Crippen LogP contribution in [0.25, 0.3) is 0 Å². The van der Waals surface area contributed by atoms with Crippen molar-refractivity contribution in [1.29, 1.82) is 0 Å². The van der Waals surface area contributed by atoms with E-state index >= 15 is 0 Å². The molecule has 0 radical (unpaired) electrons. The number of ether oxygens (including phenoxy) is 1. The van der Waals surface area contributed by atoms with Crippen molar-refractivity contribution in [2.75, 3.05) is 38.3 Å². The number of morpholine rings is 1. The van der Waals surface area contributed by atoms with Crippen molar-refractivity contribution in [3.63, 3.8) is 0 Å². The number of rotatable bonds is 7. The molecule has 1 aliphatic rings. The molecule has 0 saturated carbocycles. The van der Waals surface area contributed by atoms with Crippen molar-refractivity contribution in [3.8, 4) is 0 Å². The molecule has 0 unspecified atom stereocenters. The summed E-state index contributed by atoms with van der Waals surface area (Å²) in [5.74, 6) is -0.0104. The second kappa shape index (κ2) is 9.33. The quantitative estimate of drug-likeness (QED) is 0.707. The highest BCUT2D eigenvalue weighted by molar-refractivity contribution is 5.97. The molecule has 3 rings (SSSR count). The predicted octanol–water partition coefficient (Wildman–Crippen LogP) is 3.14. The molecule has 0 aliphatic carbocycles. The Morgan fingerprint density at radius 3 is 2.30 bits per heavy atom. The first-order chi connectivity index (χ1) is 13.1. The SMILES string of the molecule is CN(Cc1ccc(N2CCOCC2)cc1)C(=O)CCC(=O)c1ccccc1. The molecule has 1 aliphatic heterocycles. The Morgan fingerprint density at radius 1 is 0.963 bits per heavy atom. The van der Waals surface area contributed by atoms with Crippen LogP contribution >= 0.6 is 0 Å². The van der Waals surface area contributed by atoms with Crippen molar-refractivity contribution in [1.82, 2.24) is 4.90 Å². The van der Waals surface area contributed by atoms with Gasteiger partial charge in [-0.25, -0.2) is 0 Å². The Labute approximate surface area is 160 Å². The summed E-state index contributed by atoms with van der Waals surface area (Å²) in [6, 6.07) is 17.4. The number of nitrogens with zero attached hydrogens (tertiary/aromatic N) is 2. The van der Waals surface area contributed by atoms with Crippen LogP contribution in [0.2, 0.25) is 0 Å². The molecule has 0 atom stereocenters. The van der Waals surface area contributed by atoms with E-state index in [1.807, 2.05) is 18.2 Å². The highest BCUT2D eigenvalue weighted by Gasteiger charge is 2.14. The molecule has 27 heavy (non-hydrogen) atoms. The van der Waals surface area contributed by atoms with Crippen LogP contribution in [0.1, 0.15) is 28.8 Å². The number of anilines is 1. The van der Waals surface area contributed by atoms with Crippen LogP contribution in [0.3, 0.4) is 0 Å². The lowest BCUT2D eigenvalue weighted by Gasteiger charge is -2.29. The Morgan fingerprint density at radius 2 is 1.63 bits per heavy atom. The Hall–Kier alpha value is -2.66. The number of carbonyl (C=O) groups is 2. The number of hydrogen-bond acceptors (Lipinski definition) is 4. The topological polar surface area (TPSA) is 49.9 Å². The van der Waals surface area contributed by atoms with Crippen LogP contribution in [-0.4, -0.2) is 49.9 Å². The van der Waals surface area contributed by atoms with Crippen LogP contribution in [-0.2, 0) is 16.1 Å². The summed E-state index contributed by atoms with van der Waals surface area (Å²) in [6.45, 7) is 3.89. The summed E-state index contributed by atoms with van der Waals surface area (Å²) in [5.41, 5.74) is 2.92. The first-order valence-electron chi connectivity index (χ1n) is 9.37. The molecule has 2 aromatic rings. The van der Waals surface area contributed by atoms with E-state index in [1.165, 1.54) is 5.69 Å². The van der Waals surface area contributed by atoms with Crippen LogP contribution < -0.4 is 4.90 Å². The fourth-order valence-electron chi connectivity index (χ4n) is 3.18. The molecule has 0 aromatic heterocycles. The Bertz CT molecular complexity index is 753. The molecule has 1 heterocycles. The maximum Gasteiger partial charge on any atom is 0.223 e. The Kier molecular flexibility index (Phi) is 6.60. The molecule has 1 saturated heterocycles. The maximum absolute atomic E-state index is 12.3. The van der Waals surface area contributed by atoms with E-state index in [-0.39, 0.29) is 24.5 Å². The fraction of sp³-hybridized carbons (Fsp3) is 0.364. The summed E-state index contributed by atoms with van der Waals surface area (Å²) >= 11 is 0. The van der Waals surface area contributed by atoms with Gasteiger partial charge in [-0.2, -0.15) is 0 Å². The van der Waals surface area contributed by atoms with E-state index < -0.39 is 0 Å². The van der Waals surface area contributed by atoms with Gasteiger partial charge in [-0.1, -0.05) is 42.5 Å². The molecule has 142 valence electrons. The first kappa shape index (κ1) is 19.1. The largest absolute Gasteiger partial charge is 0.378 e. The molecule has 0 N–H and O–H groups in total. The number of ketones is 1. The van der Waals surface area contributed by atoms with Gasteiger partial charge in [-0.15, -0.1) is 0 Å². The number of hydrogen-bond donors (Lipinski definition) is 0. The van der Waals surface area contributed by atoms with Crippen LogP contribution in [0.5, 0.6) is 0 Å². The third-order valence-electron chi connectivity index (χ3n) is 4.82. The highest BCUT2D eigenvalue weighted by Crippen LogP contribution is 2.17. The molecule has 2 aromatic carbocycles. The van der Waals surface area contributed by atoms with Gasteiger partial charge in [0.15, 0.2) is 5.78 Å². The van der Waals surface area contributed by atoms with Crippen LogP contribution in [0.4, 0.5) is 5.69 Å². The monoisotopic (exact) mass is 366 g/mol. The molecule has 5 heteroatoms. The number of carbonyl (C=O) groups excluding carboxylic acids is 2. The lowest BCUT2D eigenvalue weighted by molar-refractivity contribution is -0.130. The fourth-order valence-corrected chi connectivity index (χ4v) is 3.18. The average Bonchev–Trinajstić information content (AvgIpc) is 2.73. The normalized spacial score (nSPS) is 14.0. The zero-order valence-corrected chi connectivity index (χ0v) is 15.8. The lowest BCUT2D eigenvalue weighted by atomic mass is 10.1. The van der Waals surface area contributed by atoms with Gasteiger partial charge < -0.3 is 14.5 Å². The molecule has 1 amide bonds. The lowest BCUT2D eigenvalue weighted by Crippen LogP contribution is -2.36. The molecule has 5 nitrogen and oxygen atoms in total. The average molecular weight is 366 g/mol. The number of amides is 1. The van der Waals surface area contributed by atoms with Gasteiger partial charge in [0.05, 0.1) is 13.2 Å². The third kappa shape index (κ3) is 5.41.